The molecule has 3 aromatic heterocycles. The minimum Gasteiger partial charge on any atom is -0.333 e. The molecule has 0 bridgehead atoms. The number of imidazole rings is 1. The molecule has 0 unspecified atom stereocenters. The van der Waals surface area contributed by atoms with Crippen molar-refractivity contribution in [3.05, 3.63) is 168 Å². The summed E-state index contributed by atoms with van der Waals surface area (Å²) in [6.07, 6.45) is 2.12. The summed E-state index contributed by atoms with van der Waals surface area (Å²) in [5, 5.41) is 2.55. The molecule has 9 aromatic rings. The number of nitrogens with zero attached hydrogens (tertiary/aromatic N) is 3. The van der Waals surface area contributed by atoms with Gasteiger partial charge in [0, 0.05) is 30.5 Å². The van der Waals surface area contributed by atoms with Crippen LogP contribution in [0.2, 0.25) is 17.3 Å². The molecule has 0 saturated heterocycles. The normalized spacial score (nSPS) is 11.7. The first kappa shape index (κ1) is 43.4. The maximum absolute atomic E-state index is 5.30. The number of hydrogen-bond acceptors (Lipinski definition) is 3. The van der Waals surface area contributed by atoms with Gasteiger partial charge in [-0.1, -0.05) is 99.3 Å². The van der Waals surface area contributed by atoms with Crippen molar-refractivity contribution in [2.24, 2.45) is 0 Å². The van der Waals surface area contributed by atoms with E-state index in [1.165, 1.54) is 58.1 Å². The van der Waals surface area contributed by atoms with Gasteiger partial charge in [0.1, 0.15) is 0 Å². The van der Waals surface area contributed by atoms with Crippen molar-refractivity contribution >= 4 is 60.2 Å². The fourth-order valence-electron chi connectivity index (χ4n) is 8.17. The molecule has 0 aliphatic rings. The van der Waals surface area contributed by atoms with Crippen LogP contribution in [0.15, 0.2) is 140 Å². The third kappa shape index (κ3) is 8.61. The Bertz CT molecular complexity index is 2870. The van der Waals surface area contributed by atoms with E-state index in [-0.39, 0.29) is 20.1 Å². The Labute approximate surface area is 376 Å². The molecule has 0 aliphatic heterocycles. The quantitative estimate of drug-likeness (QED) is 0.112. The number of aromatic nitrogens is 3. The SMILES string of the molecule is CC(C)c1cc(-c2[c-]cccc2)nc[c]1[Ge]([CH3])([CH3])[CH3].CC(C)c1cc(-c2ccccc2)cc(C(C)C)c1-n1c(-c2[c-]ccc3c2sc2ccccc23)nc2ccccc21.[Ir]. The van der Waals surface area contributed by atoms with E-state index in [2.05, 4.69) is 202 Å². The van der Waals surface area contributed by atoms with Crippen LogP contribution in [0.4, 0.5) is 0 Å². The Balaban J connectivity index is 0.000000230. The third-order valence-electron chi connectivity index (χ3n) is 11.2. The average Bonchev–Trinajstić information content (AvgIpc) is 3.82. The number of hydrogen-bond donors (Lipinski definition) is 0. The summed E-state index contributed by atoms with van der Waals surface area (Å²) in [5.74, 6) is 9.44. The van der Waals surface area contributed by atoms with Crippen LogP contribution in [-0.2, 0) is 20.1 Å². The summed E-state index contributed by atoms with van der Waals surface area (Å²) in [5.41, 5.74) is 13.2. The predicted octanol–water partition coefficient (Wildman–Crippen LogP) is 15.0. The van der Waals surface area contributed by atoms with Gasteiger partial charge in [-0.3, -0.25) is 4.98 Å². The molecule has 305 valence electrons. The van der Waals surface area contributed by atoms with E-state index in [9.17, 15) is 0 Å². The van der Waals surface area contributed by atoms with Crippen LogP contribution in [0.1, 0.15) is 76.0 Å². The van der Waals surface area contributed by atoms with Crippen molar-refractivity contribution in [1.29, 1.82) is 0 Å². The molecule has 3 heterocycles. The van der Waals surface area contributed by atoms with Gasteiger partial charge in [0.25, 0.3) is 0 Å². The molecule has 60 heavy (non-hydrogen) atoms. The molecule has 6 heteroatoms. The fourth-order valence-corrected chi connectivity index (χ4v) is 12.9. The molecule has 3 nitrogen and oxygen atoms in total. The van der Waals surface area contributed by atoms with Gasteiger partial charge in [0.2, 0.25) is 0 Å². The molecule has 6 aromatic carbocycles. The number of benzene rings is 6. The first-order chi connectivity index (χ1) is 28.4. The van der Waals surface area contributed by atoms with Gasteiger partial charge in [-0.25, -0.2) is 0 Å². The Morgan fingerprint density at radius 3 is 1.93 bits per heavy atom. The van der Waals surface area contributed by atoms with Crippen molar-refractivity contribution in [2.75, 3.05) is 0 Å². The van der Waals surface area contributed by atoms with E-state index in [4.69, 9.17) is 4.98 Å². The zero-order chi connectivity index (χ0) is 41.4. The largest absolute Gasteiger partial charge is 0.333 e. The van der Waals surface area contributed by atoms with Crippen LogP contribution >= 0.6 is 11.3 Å². The number of pyridine rings is 1. The number of rotatable bonds is 8. The first-order valence-electron chi connectivity index (χ1n) is 20.9. The summed E-state index contributed by atoms with van der Waals surface area (Å²) in [6.45, 7) is 13.7. The van der Waals surface area contributed by atoms with Gasteiger partial charge < -0.3 is 4.57 Å². The Morgan fingerprint density at radius 1 is 0.617 bits per heavy atom. The van der Waals surface area contributed by atoms with Crippen molar-refractivity contribution in [1.82, 2.24) is 14.5 Å². The summed E-state index contributed by atoms with van der Waals surface area (Å²) in [6, 6.07) is 54.2. The average molecular weight is 1040 g/mol. The standard InChI is InChI=1S/C37H31N2S.C17H22GeN.Ir/c1-23(2)30-21-26(25-13-6-5-7-14-25)22-31(24(3)4)35(30)39-33-19-10-9-18-32(33)38-37(39)29-17-12-16-28-27-15-8-11-20-34(27)40-36(28)29;1-13(2)15-11-17(14-9-7-6-8-10-14)19-12-16(15)18(3,4)5;/h5-16,18-24H,1-4H3;6-9,11-13H,1-5H3;/q2*-1;. The topological polar surface area (TPSA) is 30.7 Å². The summed E-state index contributed by atoms with van der Waals surface area (Å²) < 4.78 is 6.47. The number of thiophene rings is 1. The molecular weight excluding hydrogens is 988 g/mol. The van der Waals surface area contributed by atoms with E-state index in [1.54, 1.807) is 0 Å². The van der Waals surface area contributed by atoms with E-state index in [1.807, 2.05) is 29.5 Å². The summed E-state index contributed by atoms with van der Waals surface area (Å²) in [4.78, 5) is 9.97. The van der Waals surface area contributed by atoms with E-state index >= 15 is 0 Å². The second-order valence-corrected chi connectivity index (χ2v) is 29.1. The van der Waals surface area contributed by atoms with Gasteiger partial charge in [-0.2, -0.15) is 11.3 Å². The molecule has 1 radical (unpaired) electrons. The second-order valence-electron chi connectivity index (χ2n) is 17.5. The van der Waals surface area contributed by atoms with Crippen molar-refractivity contribution in [2.45, 2.75) is 76.6 Å². The van der Waals surface area contributed by atoms with Crippen LogP contribution in [0, 0.1) is 12.1 Å². The van der Waals surface area contributed by atoms with Crippen molar-refractivity contribution < 1.29 is 20.1 Å². The predicted molar refractivity (Wildman–Crippen MR) is 257 cm³/mol. The van der Waals surface area contributed by atoms with Crippen LogP contribution in [0.25, 0.3) is 70.7 Å². The smallest absolute Gasteiger partial charge is 0.0774 e. The van der Waals surface area contributed by atoms with Crippen LogP contribution in [-0.4, -0.2) is 27.8 Å². The molecule has 0 aliphatic carbocycles. The Morgan fingerprint density at radius 2 is 1.27 bits per heavy atom. The van der Waals surface area contributed by atoms with Gasteiger partial charge in [-0.15, -0.1) is 18.2 Å². The van der Waals surface area contributed by atoms with Gasteiger partial charge >= 0.3 is 119 Å². The molecule has 0 atom stereocenters. The number of fused-ring (bicyclic) bond motifs is 4. The van der Waals surface area contributed by atoms with Gasteiger partial charge in [0.05, 0.1) is 16.9 Å². The van der Waals surface area contributed by atoms with E-state index in [0.717, 1.165) is 33.7 Å². The Kier molecular flexibility index (Phi) is 13.1. The van der Waals surface area contributed by atoms with Gasteiger partial charge in [0.15, 0.2) is 0 Å². The summed E-state index contributed by atoms with van der Waals surface area (Å²) in [7, 11) is 0. The maximum Gasteiger partial charge on any atom is 0.0774 e. The van der Waals surface area contributed by atoms with Crippen LogP contribution in [0.5, 0.6) is 0 Å². The Hall–Kier alpha value is -4.65. The zero-order valence-electron chi connectivity index (χ0n) is 36.1. The maximum atomic E-state index is 5.30. The summed E-state index contributed by atoms with van der Waals surface area (Å²) >= 11 is -0.0179. The van der Waals surface area contributed by atoms with Gasteiger partial charge in [-0.05, 0) is 74.5 Å². The molecule has 0 fully saturated rings. The minimum atomic E-state index is -1.85. The van der Waals surface area contributed by atoms with E-state index < -0.39 is 13.3 Å². The minimum absolute atomic E-state index is 0. The molecular formula is C54H53GeIrN3S-2. The molecule has 9 rings (SSSR count). The fraction of sp³-hybridized carbons (Fsp3) is 0.222. The molecule has 0 saturated carbocycles. The number of para-hydroxylation sites is 2. The van der Waals surface area contributed by atoms with Crippen LogP contribution in [0.3, 0.4) is 0 Å². The molecule has 0 amide bonds. The molecule has 0 N–H and O–H groups in total. The van der Waals surface area contributed by atoms with Crippen molar-refractivity contribution in [3.8, 4) is 39.5 Å². The monoisotopic (exact) mass is 1040 g/mol. The second kappa shape index (κ2) is 18.1. The van der Waals surface area contributed by atoms with Crippen molar-refractivity contribution in [3.63, 3.8) is 0 Å². The third-order valence-corrected chi connectivity index (χ3v) is 16.7. The zero-order valence-corrected chi connectivity index (χ0v) is 41.4. The van der Waals surface area contributed by atoms with Crippen LogP contribution < -0.4 is 4.40 Å². The van der Waals surface area contributed by atoms with E-state index in [0.29, 0.717) is 17.8 Å². The first-order valence-corrected chi connectivity index (χ1v) is 29.1. The molecule has 0 spiro atoms.